The molecule has 0 saturated carbocycles. The molecule has 0 radical (unpaired) electrons. The number of carbonyl (C=O) groups is 3. The van der Waals surface area contributed by atoms with Crippen LogP contribution in [0.2, 0.25) is 0 Å². The van der Waals surface area contributed by atoms with Gasteiger partial charge in [0.1, 0.15) is 18.0 Å². The molecule has 0 aromatic carbocycles. The van der Waals surface area contributed by atoms with Crippen molar-refractivity contribution in [3.8, 4) is 0 Å². The molecule has 0 spiro atoms. The molecule has 0 aromatic heterocycles. The van der Waals surface area contributed by atoms with Crippen molar-refractivity contribution in [2.45, 2.75) is 44.5 Å². The predicted molar refractivity (Wildman–Crippen MR) is 94.4 cm³/mol. The summed E-state index contributed by atoms with van der Waals surface area (Å²) in [5.41, 5.74) is -0.400. The predicted octanol–water partition coefficient (Wildman–Crippen LogP) is 1.87. The standard InChI is InChI=1S/C20H24O7/c1-10(2)18(22)26-15-8-20(4)16(21)7-13(27-20)11(3)6-14-17(15)12(9-24-5)19(23)25-14/h7,12,14-15,17H,1,3,6,8-9H2,2,4-5H3/t12-,14+,15+,17-,20+/m0/s1. The van der Waals surface area contributed by atoms with Gasteiger partial charge in [-0.3, -0.25) is 9.59 Å². The number of rotatable bonds is 4. The fraction of sp³-hybridized carbons (Fsp3) is 0.550. The smallest absolute Gasteiger partial charge is 0.333 e. The van der Waals surface area contributed by atoms with Crippen LogP contribution >= 0.6 is 0 Å². The Morgan fingerprint density at radius 2 is 2.11 bits per heavy atom. The normalized spacial score (nSPS) is 35.2. The third kappa shape index (κ3) is 3.43. The molecule has 7 nitrogen and oxygen atoms in total. The lowest BCUT2D eigenvalue weighted by molar-refractivity contribution is -0.155. The first-order chi connectivity index (χ1) is 12.7. The van der Waals surface area contributed by atoms with Gasteiger partial charge in [-0.15, -0.1) is 0 Å². The molecule has 7 heteroatoms. The first kappa shape index (κ1) is 19.4. The zero-order valence-electron chi connectivity index (χ0n) is 15.8. The van der Waals surface area contributed by atoms with Gasteiger partial charge in [0, 0.05) is 37.5 Å². The quantitative estimate of drug-likeness (QED) is 0.547. The van der Waals surface area contributed by atoms with E-state index in [4.69, 9.17) is 18.9 Å². The Morgan fingerprint density at radius 1 is 1.41 bits per heavy atom. The van der Waals surface area contributed by atoms with Gasteiger partial charge < -0.3 is 18.9 Å². The minimum absolute atomic E-state index is 0.0934. The van der Waals surface area contributed by atoms with Crippen molar-refractivity contribution >= 4 is 17.7 Å². The molecule has 2 bridgehead atoms. The van der Waals surface area contributed by atoms with Crippen LogP contribution in [0.4, 0.5) is 0 Å². The molecule has 0 aromatic rings. The van der Waals surface area contributed by atoms with Crippen LogP contribution in [0.15, 0.2) is 36.1 Å². The van der Waals surface area contributed by atoms with Crippen LogP contribution in [0.5, 0.6) is 0 Å². The van der Waals surface area contributed by atoms with Crippen molar-refractivity contribution in [3.05, 3.63) is 36.1 Å². The Morgan fingerprint density at radius 3 is 2.74 bits per heavy atom. The number of hydrogen-bond acceptors (Lipinski definition) is 7. The fourth-order valence-corrected chi connectivity index (χ4v) is 3.90. The van der Waals surface area contributed by atoms with Crippen molar-refractivity contribution in [3.63, 3.8) is 0 Å². The largest absolute Gasteiger partial charge is 0.479 e. The molecule has 2 fully saturated rings. The first-order valence-corrected chi connectivity index (χ1v) is 8.85. The van der Waals surface area contributed by atoms with E-state index < -0.39 is 41.6 Å². The van der Waals surface area contributed by atoms with Crippen LogP contribution in [0.1, 0.15) is 26.7 Å². The van der Waals surface area contributed by atoms with Gasteiger partial charge in [0.25, 0.3) is 0 Å². The number of ether oxygens (including phenoxy) is 4. The van der Waals surface area contributed by atoms with Gasteiger partial charge in [-0.1, -0.05) is 13.2 Å². The second-order valence-corrected chi connectivity index (χ2v) is 7.56. The van der Waals surface area contributed by atoms with Gasteiger partial charge in [0.15, 0.2) is 5.60 Å². The molecule has 2 saturated heterocycles. The van der Waals surface area contributed by atoms with Crippen molar-refractivity contribution in [1.82, 2.24) is 0 Å². The summed E-state index contributed by atoms with van der Waals surface area (Å²) in [4.78, 5) is 37.2. The van der Waals surface area contributed by atoms with E-state index in [2.05, 4.69) is 13.2 Å². The van der Waals surface area contributed by atoms with E-state index in [0.29, 0.717) is 11.3 Å². The van der Waals surface area contributed by atoms with Gasteiger partial charge in [-0.25, -0.2) is 4.79 Å². The SMILES string of the molecule is C=C(C)C(=O)O[C@@H]1C[C@@]2(C)OC(=CC2=O)C(=C)C[C@H]2OC(=O)[C@@H](COC)[C@H]12. The molecule has 3 aliphatic rings. The number of methoxy groups -OCH3 is 1. The van der Waals surface area contributed by atoms with Crippen LogP contribution in [0.25, 0.3) is 0 Å². The molecule has 27 heavy (non-hydrogen) atoms. The van der Waals surface area contributed by atoms with E-state index in [1.54, 1.807) is 13.8 Å². The molecule has 0 aliphatic carbocycles. The molecule has 3 rings (SSSR count). The fourth-order valence-electron chi connectivity index (χ4n) is 3.90. The second kappa shape index (κ2) is 6.96. The molecule has 0 unspecified atom stereocenters. The van der Waals surface area contributed by atoms with Crippen molar-refractivity contribution in [2.75, 3.05) is 13.7 Å². The summed E-state index contributed by atoms with van der Waals surface area (Å²) in [7, 11) is 1.49. The topological polar surface area (TPSA) is 88.1 Å². The summed E-state index contributed by atoms with van der Waals surface area (Å²) in [5.74, 6) is -1.92. The molecule has 0 N–H and O–H groups in total. The maximum absolute atomic E-state index is 12.5. The van der Waals surface area contributed by atoms with E-state index in [0.717, 1.165) is 0 Å². The highest BCUT2D eigenvalue weighted by Crippen LogP contribution is 2.44. The number of hydrogen-bond donors (Lipinski definition) is 0. The van der Waals surface area contributed by atoms with Gasteiger partial charge in [0.2, 0.25) is 5.78 Å². The van der Waals surface area contributed by atoms with E-state index in [9.17, 15) is 14.4 Å². The highest BCUT2D eigenvalue weighted by atomic mass is 16.6. The maximum atomic E-state index is 12.5. The van der Waals surface area contributed by atoms with Crippen molar-refractivity contribution in [2.24, 2.45) is 11.8 Å². The zero-order valence-corrected chi connectivity index (χ0v) is 15.8. The number of esters is 2. The number of ketones is 1. The lowest BCUT2D eigenvalue weighted by atomic mass is 9.78. The molecule has 0 amide bonds. The van der Waals surface area contributed by atoms with E-state index in [1.807, 2.05) is 0 Å². The summed E-state index contributed by atoms with van der Waals surface area (Å²) in [6.07, 6.45) is 0.460. The summed E-state index contributed by atoms with van der Waals surface area (Å²) >= 11 is 0. The van der Waals surface area contributed by atoms with Gasteiger partial charge in [-0.05, 0) is 19.4 Å². The monoisotopic (exact) mass is 376 g/mol. The van der Waals surface area contributed by atoms with E-state index in [-0.39, 0.29) is 30.8 Å². The Bertz CT molecular complexity index is 749. The van der Waals surface area contributed by atoms with E-state index >= 15 is 0 Å². The number of carbonyl (C=O) groups excluding carboxylic acids is 3. The lowest BCUT2D eigenvalue weighted by Gasteiger charge is -2.33. The third-order valence-corrected chi connectivity index (χ3v) is 5.35. The van der Waals surface area contributed by atoms with Gasteiger partial charge in [-0.2, -0.15) is 0 Å². The molecular formula is C20H24O7. The van der Waals surface area contributed by atoms with Crippen molar-refractivity contribution in [1.29, 1.82) is 0 Å². The molecular weight excluding hydrogens is 352 g/mol. The number of fused-ring (bicyclic) bond motifs is 3. The second-order valence-electron chi connectivity index (χ2n) is 7.56. The van der Waals surface area contributed by atoms with Crippen molar-refractivity contribution < 1.29 is 33.3 Å². The van der Waals surface area contributed by atoms with E-state index in [1.165, 1.54) is 13.2 Å². The van der Waals surface area contributed by atoms with Crippen LogP contribution in [0.3, 0.4) is 0 Å². The van der Waals surface area contributed by atoms with Crippen LogP contribution < -0.4 is 0 Å². The molecule has 3 heterocycles. The third-order valence-electron chi connectivity index (χ3n) is 5.35. The zero-order chi connectivity index (χ0) is 19.9. The minimum Gasteiger partial charge on any atom is -0.479 e. The van der Waals surface area contributed by atoms with Crippen LogP contribution in [-0.4, -0.2) is 49.2 Å². The van der Waals surface area contributed by atoms with Gasteiger partial charge in [0.05, 0.1) is 12.5 Å². The number of allylic oxidation sites excluding steroid dienone is 1. The maximum Gasteiger partial charge on any atom is 0.333 e. The van der Waals surface area contributed by atoms with Gasteiger partial charge >= 0.3 is 11.9 Å². The summed E-state index contributed by atoms with van der Waals surface area (Å²) in [6, 6.07) is 0. The molecule has 3 aliphatic heterocycles. The minimum atomic E-state index is -1.20. The van der Waals surface area contributed by atoms with Crippen LogP contribution in [-0.2, 0) is 33.3 Å². The Kier molecular flexibility index (Phi) is 4.99. The molecule has 5 atom stereocenters. The summed E-state index contributed by atoms with van der Waals surface area (Å²) in [6.45, 7) is 10.9. The highest BCUT2D eigenvalue weighted by molar-refractivity contribution is 6.00. The highest BCUT2D eigenvalue weighted by Gasteiger charge is 2.55. The Balaban J connectivity index is 2.03. The first-order valence-electron chi connectivity index (χ1n) is 8.85. The average molecular weight is 376 g/mol. The van der Waals surface area contributed by atoms with Crippen LogP contribution in [0, 0.1) is 11.8 Å². The average Bonchev–Trinajstić information content (AvgIpc) is 3.05. The Hall–Kier alpha value is -2.41. The Labute approximate surface area is 158 Å². The summed E-state index contributed by atoms with van der Waals surface area (Å²) < 4.78 is 22.3. The molecule has 146 valence electrons. The lowest BCUT2D eigenvalue weighted by Crippen LogP contribution is -2.45. The summed E-state index contributed by atoms with van der Waals surface area (Å²) in [5, 5.41) is 0.